The van der Waals surface area contributed by atoms with Crippen molar-refractivity contribution >= 4 is 17.2 Å². The summed E-state index contributed by atoms with van der Waals surface area (Å²) < 4.78 is 0. The van der Waals surface area contributed by atoms with Crippen molar-refractivity contribution in [3.05, 3.63) is 51.7 Å². The third-order valence-corrected chi connectivity index (χ3v) is 3.37. The van der Waals surface area contributed by atoms with Crippen LogP contribution in [0.1, 0.15) is 20.1 Å². The average molecular weight is 247 g/mol. The van der Waals surface area contributed by atoms with E-state index in [0.717, 1.165) is 4.88 Å². The molecule has 0 unspecified atom stereocenters. The summed E-state index contributed by atoms with van der Waals surface area (Å²) in [4.78, 5) is 14.1. The van der Waals surface area contributed by atoms with Gasteiger partial charge >= 0.3 is 0 Å². The van der Waals surface area contributed by atoms with Gasteiger partial charge in [-0.05, 0) is 31.2 Å². The Kier molecular flexibility index (Phi) is 3.44. The molecule has 2 rings (SSSR count). The second kappa shape index (κ2) is 5.01. The Morgan fingerprint density at radius 2 is 2.06 bits per heavy atom. The lowest BCUT2D eigenvalue weighted by molar-refractivity contribution is 0.0948. The summed E-state index contributed by atoms with van der Waals surface area (Å²) in [6.07, 6.45) is 0. The number of thiophene rings is 1. The van der Waals surface area contributed by atoms with E-state index in [1.165, 1.54) is 10.9 Å². The van der Waals surface area contributed by atoms with Crippen LogP contribution in [0, 0.1) is 6.92 Å². The monoisotopic (exact) mass is 247 g/mol. The second-order valence-corrected chi connectivity index (χ2v) is 5.08. The summed E-state index contributed by atoms with van der Waals surface area (Å²) in [5, 5.41) is 12.3. The average Bonchev–Trinajstić information content (AvgIpc) is 2.73. The largest absolute Gasteiger partial charge is 0.507 e. The van der Waals surface area contributed by atoms with Crippen molar-refractivity contribution in [2.45, 2.75) is 13.5 Å². The Morgan fingerprint density at radius 1 is 1.29 bits per heavy atom. The highest BCUT2D eigenvalue weighted by Crippen LogP contribution is 2.17. The summed E-state index contributed by atoms with van der Waals surface area (Å²) in [5.41, 5.74) is 0.306. The molecule has 17 heavy (non-hydrogen) atoms. The third kappa shape index (κ3) is 2.85. The molecule has 0 saturated carbocycles. The lowest BCUT2D eigenvalue weighted by Crippen LogP contribution is -2.22. The normalized spacial score (nSPS) is 10.2. The Hall–Kier alpha value is -1.81. The fraction of sp³-hybridized carbons (Fsp3) is 0.154. The molecule has 2 N–H and O–H groups in total. The van der Waals surface area contributed by atoms with Crippen LogP contribution in [0.2, 0.25) is 0 Å². The summed E-state index contributed by atoms with van der Waals surface area (Å²) in [6, 6.07) is 10.5. The number of aryl methyl sites for hydroxylation is 1. The lowest BCUT2D eigenvalue weighted by Gasteiger charge is -2.05. The van der Waals surface area contributed by atoms with Crippen LogP contribution in [-0.2, 0) is 6.54 Å². The Bertz CT molecular complexity index is 534. The van der Waals surface area contributed by atoms with E-state index in [4.69, 9.17) is 0 Å². The number of phenolic OH excluding ortho intramolecular Hbond substituents is 1. The number of benzene rings is 1. The standard InChI is InChI=1S/C13H13NO2S/c1-9-6-7-10(17-9)8-14-13(16)11-4-2-3-5-12(11)15/h2-7,15H,8H2,1H3,(H,14,16). The van der Waals surface area contributed by atoms with Gasteiger partial charge in [0, 0.05) is 9.75 Å². The zero-order chi connectivity index (χ0) is 12.3. The number of carbonyl (C=O) groups is 1. The Balaban J connectivity index is 2.01. The Labute approximate surface area is 104 Å². The fourth-order valence-corrected chi connectivity index (χ4v) is 2.34. The van der Waals surface area contributed by atoms with Crippen molar-refractivity contribution in [2.24, 2.45) is 0 Å². The van der Waals surface area contributed by atoms with Crippen LogP contribution in [0.25, 0.3) is 0 Å². The highest BCUT2D eigenvalue weighted by atomic mass is 32.1. The molecule has 0 bridgehead atoms. The first-order valence-corrected chi connectivity index (χ1v) is 6.10. The molecule has 1 aromatic carbocycles. The van der Waals surface area contributed by atoms with Crippen molar-refractivity contribution < 1.29 is 9.90 Å². The minimum atomic E-state index is -0.255. The predicted molar refractivity (Wildman–Crippen MR) is 68.3 cm³/mol. The van der Waals surface area contributed by atoms with E-state index in [-0.39, 0.29) is 11.7 Å². The second-order valence-electron chi connectivity index (χ2n) is 3.71. The maximum Gasteiger partial charge on any atom is 0.255 e. The number of para-hydroxylation sites is 1. The smallest absolute Gasteiger partial charge is 0.255 e. The first-order valence-electron chi connectivity index (χ1n) is 5.28. The Morgan fingerprint density at radius 3 is 2.71 bits per heavy atom. The SMILES string of the molecule is Cc1ccc(CNC(=O)c2ccccc2O)s1. The van der Waals surface area contributed by atoms with Crippen LogP contribution in [0.5, 0.6) is 5.75 Å². The van der Waals surface area contributed by atoms with Crippen molar-refractivity contribution in [2.75, 3.05) is 0 Å². The predicted octanol–water partition coefficient (Wildman–Crippen LogP) is 2.69. The third-order valence-electron chi connectivity index (χ3n) is 2.37. The molecule has 0 aliphatic carbocycles. The fourth-order valence-electron chi connectivity index (χ4n) is 1.51. The van der Waals surface area contributed by atoms with Gasteiger partial charge in [-0.25, -0.2) is 0 Å². The number of nitrogens with one attached hydrogen (secondary N) is 1. The highest BCUT2D eigenvalue weighted by molar-refractivity contribution is 7.11. The number of rotatable bonds is 3. The highest BCUT2D eigenvalue weighted by Gasteiger charge is 2.09. The summed E-state index contributed by atoms with van der Waals surface area (Å²) in [5.74, 6) is -0.249. The van der Waals surface area contributed by atoms with Gasteiger partial charge in [-0.15, -0.1) is 11.3 Å². The van der Waals surface area contributed by atoms with Gasteiger partial charge in [0.2, 0.25) is 0 Å². The molecule has 0 radical (unpaired) electrons. The molecule has 0 saturated heterocycles. The van der Waals surface area contributed by atoms with Gasteiger partial charge in [0.1, 0.15) is 5.75 Å². The number of phenols is 1. The van der Waals surface area contributed by atoms with Gasteiger partial charge in [-0.2, -0.15) is 0 Å². The molecule has 0 atom stereocenters. The van der Waals surface area contributed by atoms with Gasteiger partial charge < -0.3 is 10.4 Å². The van der Waals surface area contributed by atoms with Gasteiger partial charge in [-0.1, -0.05) is 12.1 Å². The number of aromatic hydroxyl groups is 1. The van der Waals surface area contributed by atoms with Crippen LogP contribution in [0.3, 0.4) is 0 Å². The lowest BCUT2D eigenvalue weighted by atomic mass is 10.2. The molecule has 1 aromatic heterocycles. The summed E-state index contributed by atoms with van der Waals surface area (Å²) in [6.45, 7) is 2.52. The van der Waals surface area contributed by atoms with Crippen molar-refractivity contribution in [1.29, 1.82) is 0 Å². The molecule has 4 heteroatoms. The van der Waals surface area contributed by atoms with Crippen molar-refractivity contribution in [3.63, 3.8) is 0 Å². The summed E-state index contributed by atoms with van der Waals surface area (Å²) >= 11 is 1.65. The zero-order valence-electron chi connectivity index (χ0n) is 9.43. The van der Waals surface area contributed by atoms with Crippen LogP contribution in [-0.4, -0.2) is 11.0 Å². The van der Waals surface area contributed by atoms with E-state index in [9.17, 15) is 9.90 Å². The molecule has 1 heterocycles. The van der Waals surface area contributed by atoms with E-state index in [2.05, 4.69) is 5.32 Å². The van der Waals surface area contributed by atoms with Gasteiger partial charge in [-0.3, -0.25) is 4.79 Å². The quantitative estimate of drug-likeness (QED) is 0.876. The van der Waals surface area contributed by atoms with Gasteiger partial charge in [0.05, 0.1) is 12.1 Å². The van der Waals surface area contributed by atoms with Crippen LogP contribution >= 0.6 is 11.3 Å². The van der Waals surface area contributed by atoms with Gasteiger partial charge in [0.25, 0.3) is 5.91 Å². The number of hydrogen-bond donors (Lipinski definition) is 2. The maximum atomic E-state index is 11.8. The minimum absolute atomic E-state index is 0.00681. The van der Waals surface area contributed by atoms with Crippen LogP contribution < -0.4 is 5.32 Å². The van der Waals surface area contributed by atoms with Crippen LogP contribution in [0.4, 0.5) is 0 Å². The molecule has 1 amide bonds. The molecular weight excluding hydrogens is 234 g/mol. The molecule has 0 spiro atoms. The van der Waals surface area contributed by atoms with E-state index >= 15 is 0 Å². The number of amides is 1. The molecule has 88 valence electrons. The molecule has 0 aliphatic rings. The molecule has 2 aromatic rings. The topological polar surface area (TPSA) is 49.3 Å². The van der Waals surface area contributed by atoms with Crippen molar-refractivity contribution in [3.8, 4) is 5.75 Å². The first kappa shape index (κ1) is 11.7. The van der Waals surface area contributed by atoms with Crippen LogP contribution in [0.15, 0.2) is 36.4 Å². The molecule has 0 fully saturated rings. The summed E-state index contributed by atoms with van der Waals surface area (Å²) in [7, 11) is 0. The van der Waals surface area contributed by atoms with E-state index < -0.39 is 0 Å². The van der Waals surface area contributed by atoms with Gasteiger partial charge in [0.15, 0.2) is 0 Å². The first-order chi connectivity index (χ1) is 8.16. The molecule has 3 nitrogen and oxygen atoms in total. The molecular formula is C13H13NO2S. The maximum absolute atomic E-state index is 11.8. The van der Waals surface area contributed by atoms with Crippen molar-refractivity contribution in [1.82, 2.24) is 5.32 Å². The number of hydrogen-bond acceptors (Lipinski definition) is 3. The number of carbonyl (C=O) groups excluding carboxylic acids is 1. The zero-order valence-corrected chi connectivity index (χ0v) is 10.3. The van der Waals surface area contributed by atoms with E-state index in [1.54, 1.807) is 29.5 Å². The molecule has 0 aliphatic heterocycles. The van der Waals surface area contributed by atoms with E-state index in [1.807, 2.05) is 19.1 Å². The van der Waals surface area contributed by atoms with E-state index in [0.29, 0.717) is 12.1 Å². The minimum Gasteiger partial charge on any atom is -0.507 e.